The average molecular weight is 361 g/mol. The van der Waals surface area contributed by atoms with E-state index in [-0.39, 0.29) is 5.91 Å². The van der Waals surface area contributed by atoms with Crippen molar-refractivity contribution in [2.45, 2.75) is 5.38 Å². The van der Waals surface area contributed by atoms with E-state index in [9.17, 15) is 4.79 Å². The maximum atomic E-state index is 11.5. The highest BCUT2D eigenvalue weighted by Gasteiger charge is 2.22. The fourth-order valence-electron chi connectivity index (χ4n) is 0.837. The summed E-state index contributed by atoms with van der Waals surface area (Å²) < 4.78 is 1.87. The van der Waals surface area contributed by atoms with Crippen LogP contribution in [0.2, 0.25) is 0 Å². The Bertz CT molecular complexity index is 334. The molecule has 1 amide bonds. The van der Waals surface area contributed by atoms with E-state index >= 15 is 0 Å². The van der Waals surface area contributed by atoms with E-state index in [0.29, 0.717) is 0 Å². The first-order chi connectivity index (χ1) is 6.43. The first kappa shape index (κ1) is 12.5. The van der Waals surface area contributed by atoms with Gasteiger partial charge in [0.1, 0.15) is 5.38 Å². The molecule has 0 saturated carbocycles. The number of carbonyl (C=O) groups excluding carboxylic acids is 1. The number of nitrogens with zero attached hydrogens (tertiary/aromatic N) is 1. The lowest BCUT2D eigenvalue weighted by Gasteiger charge is -2.13. The zero-order valence-electron chi connectivity index (χ0n) is 7.55. The van der Waals surface area contributed by atoms with Crippen LogP contribution < -0.4 is 0 Å². The summed E-state index contributed by atoms with van der Waals surface area (Å²) in [5.41, 5.74) is 0. The van der Waals surface area contributed by atoms with Crippen molar-refractivity contribution < 1.29 is 4.79 Å². The molecule has 78 valence electrons. The van der Waals surface area contributed by atoms with Gasteiger partial charge in [0.2, 0.25) is 5.91 Å². The van der Waals surface area contributed by atoms with Gasteiger partial charge in [-0.15, -0.1) is 22.9 Å². The van der Waals surface area contributed by atoms with Crippen molar-refractivity contribution in [3.8, 4) is 0 Å². The summed E-state index contributed by atoms with van der Waals surface area (Å²) in [5, 5.41) is -0.599. The van der Waals surface area contributed by atoms with Gasteiger partial charge in [-0.1, -0.05) is 0 Å². The fraction of sp³-hybridized carbons (Fsp3) is 0.375. The molecule has 0 aliphatic carbocycles. The van der Waals surface area contributed by atoms with E-state index in [1.165, 1.54) is 16.2 Å². The lowest BCUT2D eigenvalue weighted by atomic mass is 10.3. The predicted molar refractivity (Wildman–Crippen MR) is 67.0 cm³/mol. The van der Waals surface area contributed by atoms with E-state index in [1.54, 1.807) is 14.1 Å². The standard InChI is InChI=1S/C8H8Br2ClNOS/c1-12(2)8(13)6(11)5-3-4(9)7(10)14-5/h3,6H,1-2H3. The van der Waals surface area contributed by atoms with Crippen molar-refractivity contribution in [1.82, 2.24) is 4.90 Å². The second-order valence-corrected chi connectivity index (χ2v) is 6.56. The van der Waals surface area contributed by atoms with Crippen LogP contribution in [-0.4, -0.2) is 24.9 Å². The number of hydrogen-bond acceptors (Lipinski definition) is 2. The van der Waals surface area contributed by atoms with Crippen molar-refractivity contribution >= 4 is 60.7 Å². The van der Waals surface area contributed by atoms with Gasteiger partial charge in [-0.2, -0.15) is 0 Å². The molecule has 1 unspecified atom stereocenters. The largest absolute Gasteiger partial charge is 0.347 e. The van der Waals surface area contributed by atoms with Crippen LogP contribution in [0.15, 0.2) is 14.3 Å². The fourth-order valence-corrected chi connectivity index (χ4v) is 3.29. The van der Waals surface area contributed by atoms with Crippen molar-refractivity contribution in [2.75, 3.05) is 14.1 Å². The number of likely N-dealkylation sites (N-methyl/N-ethyl adjacent to an activating group) is 1. The molecule has 0 bridgehead atoms. The molecule has 0 saturated heterocycles. The first-order valence-corrected chi connectivity index (χ1v) is 6.57. The number of amides is 1. The molecule has 0 aromatic carbocycles. The molecule has 2 nitrogen and oxygen atoms in total. The summed E-state index contributed by atoms with van der Waals surface area (Å²) in [4.78, 5) is 13.9. The third-order valence-electron chi connectivity index (χ3n) is 1.57. The lowest BCUT2D eigenvalue weighted by molar-refractivity contribution is -0.128. The highest BCUT2D eigenvalue weighted by Crippen LogP contribution is 2.38. The van der Waals surface area contributed by atoms with Crippen LogP contribution in [0.1, 0.15) is 10.3 Å². The number of carbonyl (C=O) groups is 1. The number of thiophene rings is 1. The summed E-state index contributed by atoms with van der Waals surface area (Å²) in [6.45, 7) is 0. The smallest absolute Gasteiger partial charge is 0.245 e. The normalized spacial score (nSPS) is 12.6. The number of halogens is 3. The van der Waals surface area contributed by atoms with E-state index in [4.69, 9.17) is 11.6 Å². The monoisotopic (exact) mass is 359 g/mol. The van der Waals surface area contributed by atoms with Crippen LogP contribution in [0.3, 0.4) is 0 Å². The molecule has 1 heterocycles. The highest BCUT2D eigenvalue weighted by atomic mass is 79.9. The number of alkyl halides is 1. The first-order valence-electron chi connectivity index (χ1n) is 3.73. The van der Waals surface area contributed by atoms with Gasteiger partial charge >= 0.3 is 0 Å². The van der Waals surface area contributed by atoms with Crippen LogP contribution in [0.25, 0.3) is 0 Å². The Balaban J connectivity index is 2.89. The van der Waals surface area contributed by atoms with Crippen LogP contribution in [-0.2, 0) is 4.79 Å². The summed E-state index contributed by atoms with van der Waals surface area (Å²) in [6, 6.07) is 1.85. The molecule has 6 heteroatoms. The minimum absolute atomic E-state index is 0.104. The van der Waals surface area contributed by atoms with Gasteiger partial charge in [-0.3, -0.25) is 4.79 Å². The van der Waals surface area contributed by atoms with Crippen LogP contribution in [0.5, 0.6) is 0 Å². The second-order valence-electron chi connectivity index (χ2n) is 2.87. The number of rotatable bonds is 2. The minimum Gasteiger partial charge on any atom is -0.347 e. The van der Waals surface area contributed by atoms with E-state index in [1.807, 2.05) is 6.07 Å². The van der Waals surface area contributed by atoms with Crippen molar-refractivity contribution in [3.05, 3.63) is 19.2 Å². The van der Waals surface area contributed by atoms with Crippen molar-refractivity contribution in [1.29, 1.82) is 0 Å². The van der Waals surface area contributed by atoms with Gasteiger partial charge < -0.3 is 4.90 Å². The maximum Gasteiger partial charge on any atom is 0.245 e. The molecular formula is C8H8Br2ClNOS. The van der Waals surface area contributed by atoms with Gasteiger partial charge in [-0.25, -0.2) is 0 Å². The van der Waals surface area contributed by atoms with Gasteiger partial charge in [-0.05, 0) is 37.9 Å². The van der Waals surface area contributed by atoms with Crippen molar-refractivity contribution in [2.24, 2.45) is 0 Å². The molecule has 0 N–H and O–H groups in total. The zero-order valence-corrected chi connectivity index (χ0v) is 12.3. The third kappa shape index (κ3) is 2.72. The Morgan fingerprint density at radius 1 is 1.57 bits per heavy atom. The molecule has 1 aromatic heterocycles. The van der Waals surface area contributed by atoms with Crippen molar-refractivity contribution in [3.63, 3.8) is 0 Å². The van der Waals surface area contributed by atoms with Crippen LogP contribution in [0.4, 0.5) is 0 Å². The van der Waals surface area contributed by atoms with Gasteiger partial charge in [0.05, 0.1) is 3.79 Å². The summed E-state index contributed by atoms with van der Waals surface area (Å²) in [5.74, 6) is -0.104. The molecule has 0 aliphatic rings. The van der Waals surface area contributed by atoms with Gasteiger partial charge in [0.25, 0.3) is 0 Å². The quantitative estimate of drug-likeness (QED) is 0.737. The summed E-state index contributed by atoms with van der Waals surface area (Å²) in [7, 11) is 3.38. The molecule has 0 radical (unpaired) electrons. The topological polar surface area (TPSA) is 20.3 Å². The molecule has 0 fully saturated rings. The van der Waals surface area contributed by atoms with E-state index in [2.05, 4.69) is 31.9 Å². The zero-order chi connectivity index (χ0) is 10.9. The van der Waals surface area contributed by atoms with E-state index in [0.717, 1.165) is 13.1 Å². The van der Waals surface area contributed by atoms with Gasteiger partial charge in [0, 0.05) is 23.4 Å². The minimum atomic E-state index is -0.599. The second kappa shape index (κ2) is 4.96. The SMILES string of the molecule is CN(C)C(=O)C(Cl)c1cc(Br)c(Br)s1. The molecule has 1 rings (SSSR count). The Labute approximate surface area is 108 Å². The molecule has 0 aliphatic heterocycles. The summed E-state index contributed by atoms with van der Waals surface area (Å²) >= 11 is 14.2. The average Bonchev–Trinajstić information content (AvgIpc) is 2.44. The molecular weight excluding hydrogens is 353 g/mol. The Morgan fingerprint density at radius 3 is 2.50 bits per heavy atom. The molecule has 1 aromatic rings. The highest BCUT2D eigenvalue weighted by molar-refractivity contribution is 9.13. The predicted octanol–water partition coefficient (Wildman–Crippen LogP) is 3.64. The van der Waals surface area contributed by atoms with Gasteiger partial charge in [0.15, 0.2) is 0 Å². The maximum absolute atomic E-state index is 11.5. The van der Waals surface area contributed by atoms with E-state index < -0.39 is 5.38 Å². The Hall–Kier alpha value is 0.420. The Kier molecular flexibility index (Phi) is 4.43. The number of hydrogen-bond donors (Lipinski definition) is 0. The Morgan fingerprint density at radius 2 is 2.14 bits per heavy atom. The van der Waals surface area contributed by atoms with Crippen LogP contribution in [0, 0.1) is 0 Å². The third-order valence-corrected chi connectivity index (χ3v) is 5.44. The summed E-state index contributed by atoms with van der Waals surface area (Å²) in [6.07, 6.45) is 0. The lowest BCUT2D eigenvalue weighted by Crippen LogP contribution is -2.25. The molecule has 1 atom stereocenters. The molecule has 14 heavy (non-hydrogen) atoms. The molecule has 0 spiro atoms. The van der Waals surface area contributed by atoms with Crippen LogP contribution >= 0.6 is 54.8 Å².